The van der Waals surface area contributed by atoms with E-state index in [1.807, 2.05) is 6.92 Å². The number of aliphatic carboxylic acids is 1. The van der Waals surface area contributed by atoms with Crippen molar-refractivity contribution in [3.05, 3.63) is 0 Å². The molecule has 0 spiro atoms. The zero-order chi connectivity index (χ0) is 12.3. The molecular formula is C11H20N2O3. The fraction of sp³-hybridized carbons (Fsp3) is 0.818. The van der Waals surface area contributed by atoms with Crippen LogP contribution in [0.15, 0.2) is 0 Å². The van der Waals surface area contributed by atoms with Gasteiger partial charge in [0.1, 0.15) is 6.04 Å². The van der Waals surface area contributed by atoms with Crippen LogP contribution in [0.2, 0.25) is 0 Å². The summed E-state index contributed by atoms with van der Waals surface area (Å²) in [6, 6.07) is -0.660. The number of hydrogen-bond acceptors (Lipinski definition) is 3. The van der Waals surface area contributed by atoms with Crippen LogP contribution in [-0.2, 0) is 9.59 Å². The Bertz CT molecular complexity index is 280. The van der Waals surface area contributed by atoms with Gasteiger partial charge in [0.15, 0.2) is 0 Å². The van der Waals surface area contributed by atoms with Crippen molar-refractivity contribution in [1.82, 2.24) is 4.90 Å². The number of likely N-dealkylation sites (tertiary alicyclic amines) is 1. The van der Waals surface area contributed by atoms with Crippen molar-refractivity contribution in [2.45, 2.75) is 32.7 Å². The molecule has 1 rings (SSSR count). The lowest BCUT2D eigenvalue weighted by molar-refractivity contribution is -0.150. The van der Waals surface area contributed by atoms with Crippen LogP contribution in [0.1, 0.15) is 26.7 Å². The Morgan fingerprint density at radius 2 is 2.19 bits per heavy atom. The molecule has 0 bridgehead atoms. The Kier molecular flexibility index (Phi) is 4.29. The predicted octanol–water partition coefficient (Wildman–Crippen LogP) is 0.293. The van der Waals surface area contributed by atoms with Crippen molar-refractivity contribution in [2.75, 3.05) is 13.1 Å². The van der Waals surface area contributed by atoms with Gasteiger partial charge < -0.3 is 15.7 Å². The molecular weight excluding hydrogens is 208 g/mol. The molecule has 3 unspecified atom stereocenters. The van der Waals surface area contributed by atoms with E-state index in [1.54, 1.807) is 6.92 Å². The molecule has 1 saturated heterocycles. The Morgan fingerprint density at radius 1 is 1.56 bits per heavy atom. The molecule has 0 aromatic carbocycles. The number of carbonyl (C=O) groups excluding carboxylic acids is 1. The lowest BCUT2D eigenvalue weighted by atomic mass is 10.0. The summed E-state index contributed by atoms with van der Waals surface area (Å²) in [5.74, 6) is -1.14. The van der Waals surface area contributed by atoms with E-state index in [1.165, 1.54) is 4.90 Å². The molecule has 1 aliphatic rings. The highest BCUT2D eigenvalue weighted by Crippen LogP contribution is 2.26. The van der Waals surface area contributed by atoms with E-state index in [2.05, 4.69) is 0 Å². The fourth-order valence-electron chi connectivity index (χ4n) is 2.23. The molecule has 3 atom stereocenters. The Labute approximate surface area is 95.6 Å². The van der Waals surface area contributed by atoms with Gasteiger partial charge in [-0.3, -0.25) is 4.79 Å². The monoisotopic (exact) mass is 228 g/mol. The van der Waals surface area contributed by atoms with E-state index < -0.39 is 12.0 Å². The number of rotatable bonds is 4. The Morgan fingerprint density at radius 3 is 2.69 bits per heavy atom. The van der Waals surface area contributed by atoms with Gasteiger partial charge in [-0.2, -0.15) is 0 Å². The Balaban J connectivity index is 2.72. The molecule has 0 aromatic rings. The van der Waals surface area contributed by atoms with Crippen molar-refractivity contribution < 1.29 is 14.7 Å². The summed E-state index contributed by atoms with van der Waals surface area (Å²) in [4.78, 5) is 24.6. The molecule has 0 aromatic heterocycles. The number of nitrogens with two attached hydrogens (primary N) is 1. The van der Waals surface area contributed by atoms with Crippen LogP contribution in [-0.4, -0.2) is 41.0 Å². The molecule has 1 aliphatic heterocycles. The van der Waals surface area contributed by atoms with Crippen molar-refractivity contribution in [3.63, 3.8) is 0 Å². The summed E-state index contributed by atoms with van der Waals surface area (Å²) in [5.41, 5.74) is 5.40. The van der Waals surface area contributed by atoms with Crippen molar-refractivity contribution >= 4 is 11.9 Å². The minimum absolute atomic E-state index is 0.0338. The second-order valence-electron chi connectivity index (χ2n) is 4.56. The van der Waals surface area contributed by atoms with Gasteiger partial charge in [-0.15, -0.1) is 0 Å². The highest BCUT2D eigenvalue weighted by molar-refractivity contribution is 5.85. The molecule has 16 heavy (non-hydrogen) atoms. The summed E-state index contributed by atoms with van der Waals surface area (Å²) in [7, 11) is 0. The second-order valence-corrected chi connectivity index (χ2v) is 4.56. The third-order valence-corrected chi connectivity index (χ3v) is 3.26. The summed E-state index contributed by atoms with van der Waals surface area (Å²) in [5, 5.41) is 9.10. The third kappa shape index (κ3) is 2.52. The first kappa shape index (κ1) is 13.0. The van der Waals surface area contributed by atoms with E-state index >= 15 is 0 Å². The molecule has 3 N–H and O–H groups in total. The summed E-state index contributed by atoms with van der Waals surface area (Å²) >= 11 is 0. The SMILES string of the molecule is CC(CCN)C(=O)N1CCC(C)C1C(=O)O. The normalized spacial score (nSPS) is 26.8. The first-order valence-electron chi connectivity index (χ1n) is 5.72. The fourth-order valence-corrected chi connectivity index (χ4v) is 2.23. The predicted molar refractivity (Wildman–Crippen MR) is 59.8 cm³/mol. The zero-order valence-electron chi connectivity index (χ0n) is 9.85. The number of hydrogen-bond donors (Lipinski definition) is 2. The van der Waals surface area contributed by atoms with Gasteiger partial charge in [-0.05, 0) is 25.3 Å². The van der Waals surface area contributed by atoms with Gasteiger partial charge in [0.25, 0.3) is 0 Å². The highest BCUT2D eigenvalue weighted by Gasteiger charge is 2.40. The topological polar surface area (TPSA) is 83.6 Å². The minimum atomic E-state index is -0.904. The molecule has 0 radical (unpaired) electrons. The lowest BCUT2D eigenvalue weighted by Gasteiger charge is -2.26. The van der Waals surface area contributed by atoms with Gasteiger partial charge >= 0.3 is 5.97 Å². The molecule has 5 heteroatoms. The largest absolute Gasteiger partial charge is 0.480 e. The zero-order valence-corrected chi connectivity index (χ0v) is 9.85. The highest BCUT2D eigenvalue weighted by atomic mass is 16.4. The van der Waals surface area contributed by atoms with Crippen LogP contribution in [0.5, 0.6) is 0 Å². The third-order valence-electron chi connectivity index (χ3n) is 3.26. The summed E-state index contributed by atoms with van der Waals surface area (Å²) in [6.45, 7) is 4.68. The van der Waals surface area contributed by atoms with E-state index in [4.69, 9.17) is 10.8 Å². The molecule has 92 valence electrons. The number of carboxylic acids is 1. The molecule has 1 amide bonds. The van der Waals surface area contributed by atoms with E-state index in [0.717, 1.165) is 6.42 Å². The average molecular weight is 228 g/mol. The quantitative estimate of drug-likeness (QED) is 0.724. The van der Waals surface area contributed by atoms with Crippen molar-refractivity contribution in [1.29, 1.82) is 0 Å². The van der Waals surface area contributed by atoms with Crippen LogP contribution >= 0.6 is 0 Å². The number of nitrogens with zero attached hydrogens (tertiary/aromatic N) is 1. The van der Waals surface area contributed by atoms with Crippen LogP contribution in [0, 0.1) is 11.8 Å². The number of amides is 1. The van der Waals surface area contributed by atoms with Crippen LogP contribution in [0.3, 0.4) is 0 Å². The van der Waals surface area contributed by atoms with E-state index in [-0.39, 0.29) is 17.7 Å². The summed E-state index contributed by atoms with van der Waals surface area (Å²) in [6.07, 6.45) is 1.37. The number of carboxylic acid groups (broad SMARTS) is 1. The maximum absolute atomic E-state index is 12.0. The number of carbonyl (C=O) groups is 2. The smallest absolute Gasteiger partial charge is 0.326 e. The maximum Gasteiger partial charge on any atom is 0.326 e. The first-order chi connectivity index (χ1) is 7.49. The van der Waals surface area contributed by atoms with E-state index in [9.17, 15) is 9.59 Å². The van der Waals surface area contributed by atoms with Crippen LogP contribution in [0.25, 0.3) is 0 Å². The van der Waals surface area contributed by atoms with Crippen LogP contribution in [0.4, 0.5) is 0 Å². The van der Waals surface area contributed by atoms with Crippen LogP contribution < -0.4 is 5.73 Å². The summed E-state index contributed by atoms with van der Waals surface area (Å²) < 4.78 is 0. The second kappa shape index (κ2) is 5.30. The van der Waals surface area contributed by atoms with Gasteiger partial charge in [0.05, 0.1) is 0 Å². The molecule has 1 fully saturated rings. The van der Waals surface area contributed by atoms with Crippen molar-refractivity contribution in [3.8, 4) is 0 Å². The van der Waals surface area contributed by atoms with E-state index in [0.29, 0.717) is 19.5 Å². The molecule has 0 saturated carbocycles. The first-order valence-corrected chi connectivity index (χ1v) is 5.72. The maximum atomic E-state index is 12.0. The Hall–Kier alpha value is -1.10. The van der Waals surface area contributed by atoms with Gasteiger partial charge in [-0.25, -0.2) is 4.79 Å². The molecule has 1 heterocycles. The lowest BCUT2D eigenvalue weighted by Crippen LogP contribution is -2.45. The minimum Gasteiger partial charge on any atom is -0.480 e. The van der Waals surface area contributed by atoms with Crippen molar-refractivity contribution in [2.24, 2.45) is 17.6 Å². The molecule has 5 nitrogen and oxygen atoms in total. The van der Waals surface area contributed by atoms with Gasteiger partial charge in [-0.1, -0.05) is 13.8 Å². The molecule has 0 aliphatic carbocycles. The van der Waals surface area contributed by atoms with Gasteiger partial charge in [0, 0.05) is 12.5 Å². The van der Waals surface area contributed by atoms with Gasteiger partial charge in [0.2, 0.25) is 5.91 Å². The average Bonchev–Trinajstić information content (AvgIpc) is 2.59. The standard InChI is InChI=1S/C11H20N2O3/c1-7-4-6-13(9(7)11(15)16)10(14)8(2)3-5-12/h7-9H,3-6,12H2,1-2H3,(H,15,16).